The first-order valence-electron chi connectivity index (χ1n) is 6.68. The van der Waals surface area contributed by atoms with Crippen LogP contribution in [0, 0.1) is 5.82 Å². The lowest BCUT2D eigenvalue weighted by Crippen LogP contribution is -2.11. The normalized spacial score (nSPS) is 10.4. The molecule has 0 unspecified atom stereocenters. The molecule has 0 aliphatic carbocycles. The summed E-state index contributed by atoms with van der Waals surface area (Å²) in [5.74, 6) is 0.285. The lowest BCUT2D eigenvalue weighted by Gasteiger charge is -2.06. The van der Waals surface area contributed by atoms with Crippen molar-refractivity contribution in [2.24, 2.45) is 0 Å². The van der Waals surface area contributed by atoms with Crippen molar-refractivity contribution in [3.63, 3.8) is 0 Å². The molecule has 2 aromatic rings. The van der Waals surface area contributed by atoms with Crippen LogP contribution in [0.5, 0.6) is 5.75 Å². The van der Waals surface area contributed by atoms with Crippen LogP contribution in [0.3, 0.4) is 0 Å². The highest BCUT2D eigenvalue weighted by Gasteiger charge is 2.16. The third-order valence-corrected chi connectivity index (χ3v) is 2.76. The monoisotopic (exact) mass is 293 g/mol. The smallest absolute Gasteiger partial charge is 0.360 e. The van der Waals surface area contributed by atoms with E-state index in [4.69, 9.17) is 13.9 Å². The summed E-state index contributed by atoms with van der Waals surface area (Å²) in [6, 6.07) is 5.74. The highest BCUT2D eigenvalue weighted by atomic mass is 19.1. The number of benzene rings is 1. The van der Waals surface area contributed by atoms with E-state index >= 15 is 0 Å². The Kier molecular flexibility index (Phi) is 5.31. The summed E-state index contributed by atoms with van der Waals surface area (Å²) in [4.78, 5) is 15.6. The SMILES string of the molecule is CCc1ocnc1C(=O)OCCCOc1ccc(F)cc1. The number of carbonyl (C=O) groups excluding carboxylic acids is 1. The number of carbonyl (C=O) groups is 1. The van der Waals surface area contributed by atoms with Gasteiger partial charge in [0.25, 0.3) is 0 Å². The van der Waals surface area contributed by atoms with Crippen LogP contribution in [0.15, 0.2) is 35.1 Å². The molecule has 0 fully saturated rings. The van der Waals surface area contributed by atoms with E-state index in [1.165, 1.54) is 18.5 Å². The van der Waals surface area contributed by atoms with Crippen molar-refractivity contribution in [1.82, 2.24) is 4.98 Å². The van der Waals surface area contributed by atoms with Crippen LogP contribution in [0.25, 0.3) is 0 Å². The fraction of sp³-hybridized carbons (Fsp3) is 0.333. The zero-order valence-corrected chi connectivity index (χ0v) is 11.7. The average molecular weight is 293 g/mol. The topological polar surface area (TPSA) is 61.6 Å². The fourth-order valence-corrected chi connectivity index (χ4v) is 1.70. The maximum absolute atomic E-state index is 12.7. The molecular formula is C15H16FNO4. The van der Waals surface area contributed by atoms with Crippen molar-refractivity contribution in [1.29, 1.82) is 0 Å². The second kappa shape index (κ2) is 7.42. The molecule has 2 rings (SSSR count). The van der Waals surface area contributed by atoms with Gasteiger partial charge in [-0.25, -0.2) is 14.2 Å². The van der Waals surface area contributed by atoms with Crippen molar-refractivity contribution in [3.05, 3.63) is 47.9 Å². The van der Waals surface area contributed by atoms with E-state index in [-0.39, 0.29) is 18.1 Å². The number of rotatable bonds is 7. The predicted molar refractivity (Wildman–Crippen MR) is 72.7 cm³/mol. The van der Waals surface area contributed by atoms with E-state index in [1.54, 1.807) is 12.1 Å². The Morgan fingerprint density at radius 3 is 2.76 bits per heavy atom. The molecule has 1 aromatic carbocycles. The average Bonchev–Trinajstić information content (AvgIpc) is 2.97. The number of oxazole rings is 1. The Morgan fingerprint density at radius 2 is 2.05 bits per heavy atom. The summed E-state index contributed by atoms with van der Waals surface area (Å²) in [7, 11) is 0. The minimum absolute atomic E-state index is 0.218. The molecule has 0 aliphatic rings. The van der Waals surface area contributed by atoms with Gasteiger partial charge < -0.3 is 13.9 Å². The van der Waals surface area contributed by atoms with E-state index in [0.29, 0.717) is 31.0 Å². The van der Waals surface area contributed by atoms with Gasteiger partial charge in [0.2, 0.25) is 0 Å². The summed E-state index contributed by atoms with van der Waals surface area (Å²) in [6.45, 7) is 2.46. The van der Waals surface area contributed by atoms with Gasteiger partial charge in [-0.05, 0) is 24.3 Å². The number of aryl methyl sites for hydroxylation is 1. The van der Waals surface area contributed by atoms with E-state index < -0.39 is 5.97 Å². The fourth-order valence-electron chi connectivity index (χ4n) is 1.70. The quantitative estimate of drug-likeness (QED) is 0.580. The number of ether oxygens (including phenoxy) is 2. The first kappa shape index (κ1) is 15.0. The molecule has 0 aliphatic heterocycles. The largest absolute Gasteiger partial charge is 0.493 e. The van der Waals surface area contributed by atoms with Gasteiger partial charge in [-0.3, -0.25) is 0 Å². The predicted octanol–water partition coefficient (Wildman–Crippen LogP) is 3.00. The van der Waals surface area contributed by atoms with E-state index in [9.17, 15) is 9.18 Å². The molecule has 0 atom stereocenters. The molecule has 0 radical (unpaired) electrons. The Balaban J connectivity index is 1.68. The van der Waals surface area contributed by atoms with Crippen LogP contribution < -0.4 is 4.74 Å². The van der Waals surface area contributed by atoms with Crippen molar-refractivity contribution in [3.8, 4) is 5.75 Å². The number of halogens is 1. The van der Waals surface area contributed by atoms with Crippen LogP contribution in [-0.4, -0.2) is 24.2 Å². The number of hydrogen-bond donors (Lipinski definition) is 0. The van der Waals surface area contributed by atoms with Gasteiger partial charge in [0, 0.05) is 12.8 Å². The Labute approximate surface area is 121 Å². The van der Waals surface area contributed by atoms with Gasteiger partial charge in [-0.15, -0.1) is 0 Å². The van der Waals surface area contributed by atoms with E-state index in [0.717, 1.165) is 0 Å². The summed E-state index contributed by atoms with van der Waals surface area (Å²) >= 11 is 0. The third kappa shape index (κ3) is 4.30. The van der Waals surface area contributed by atoms with Crippen LogP contribution in [0.1, 0.15) is 29.6 Å². The Hall–Kier alpha value is -2.37. The third-order valence-electron chi connectivity index (χ3n) is 2.76. The van der Waals surface area contributed by atoms with Crippen LogP contribution in [-0.2, 0) is 11.2 Å². The van der Waals surface area contributed by atoms with Crippen LogP contribution >= 0.6 is 0 Å². The molecule has 0 bridgehead atoms. The standard InChI is InChI=1S/C15H16FNO4/c1-2-13-14(17-10-21-13)15(18)20-9-3-8-19-12-6-4-11(16)5-7-12/h4-7,10H,2-3,8-9H2,1H3. The Morgan fingerprint density at radius 1 is 1.29 bits per heavy atom. The molecule has 112 valence electrons. The molecule has 21 heavy (non-hydrogen) atoms. The molecule has 0 saturated heterocycles. The molecule has 1 heterocycles. The molecule has 5 nitrogen and oxygen atoms in total. The molecule has 1 aromatic heterocycles. The van der Waals surface area contributed by atoms with Gasteiger partial charge in [-0.2, -0.15) is 0 Å². The van der Waals surface area contributed by atoms with Crippen molar-refractivity contribution >= 4 is 5.97 Å². The molecule has 6 heteroatoms. The van der Waals surface area contributed by atoms with E-state index in [1.807, 2.05) is 6.92 Å². The van der Waals surface area contributed by atoms with Crippen molar-refractivity contribution in [2.45, 2.75) is 19.8 Å². The highest BCUT2D eigenvalue weighted by Crippen LogP contribution is 2.12. The number of aromatic nitrogens is 1. The molecule has 0 N–H and O–H groups in total. The summed E-state index contributed by atoms with van der Waals surface area (Å²) in [6.07, 6.45) is 2.34. The second-order valence-electron chi connectivity index (χ2n) is 4.27. The van der Waals surface area contributed by atoms with Gasteiger partial charge in [-0.1, -0.05) is 6.92 Å². The number of esters is 1. The molecule has 0 saturated carbocycles. The lowest BCUT2D eigenvalue weighted by molar-refractivity contribution is 0.0477. The first-order chi connectivity index (χ1) is 10.2. The minimum Gasteiger partial charge on any atom is -0.493 e. The van der Waals surface area contributed by atoms with Crippen molar-refractivity contribution < 1.29 is 23.1 Å². The highest BCUT2D eigenvalue weighted by molar-refractivity contribution is 5.88. The maximum Gasteiger partial charge on any atom is 0.360 e. The molecular weight excluding hydrogens is 277 g/mol. The molecule has 0 amide bonds. The van der Waals surface area contributed by atoms with Gasteiger partial charge >= 0.3 is 5.97 Å². The van der Waals surface area contributed by atoms with Crippen LogP contribution in [0.4, 0.5) is 4.39 Å². The number of nitrogens with zero attached hydrogens (tertiary/aromatic N) is 1. The number of hydrogen-bond acceptors (Lipinski definition) is 5. The van der Waals surface area contributed by atoms with Gasteiger partial charge in [0.05, 0.1) is 13.2 Å². The van der Waals surface area contributed by atoms with Crippen LogP contribution in [0.2, 0.25) is 0 Å². The summed E-state index contributed by atoms with van der Waals surface area (Å²) in [5.41, 5.74) is 0.219. The van der Waals surface area contributed by atoms with Gasteiger partial charge in [0.1, 0.15) is 17.3 Å². The summed E-state index contributed by atoms with van der Waals surface area (Å²) < 4.78 is 28.2. The summed E-state index contributed by atoms with van der Waals surface area (Å²) in [5, 5.41) is 0. The zero-order chi connectivity index (χ0) is 15.1. The Bertz CT molecular complexity index is 580. The van der Waals surface area contributed by atoms with Gasteiger partial charge in [0.15, 0.2) is 12.1 Å². The maximum atomic E-state index is 12.7. The van der Waals surface area contributed by atoms with E-state index in [2.05, 4.69) is 4.98 Å². The molecule has 0 spiro atoms. The second-order valence-corrected chi connectivity index (χ2v) is 4.27. The minimum atomic E-state index is -0.498. The van der Waals surface area contributed by atoms with Crippen molar-refractivity contribution in [2.75, 3.05) is 13.2 Å². The zero-order valence-electron chi connectivity index (χ0n) is 11.7. The first-order valence-corrected chi connectivity index (χ1v) is 6.68. The lowest BCUT2D eigenvalue weighted by atomic mass is 10.3.